The third-order valence-corrected chi connectivity index (χ3v) is 3.64. The molecule has 0 fully saturated rings. The van der Waals surface area contributed by atoms with Crippen molar-refractivity contribution in [1.29, 1.82) is 0 Å². The van der Waals surface area contributed by atoms with Gasteiger partial charge in [0, 0.05) is 30.8 Å². The molecule has 1 aromatic heterocycles. The molecule has 1 heterocycles. The molecule has 100 valence electrons. The Balaban J connectivity index is 2.17. The van der Waals surface area contributed by atoms with Crippen LogP contribution in [0.2, 0.25) is 0 Å². The normalized spacial score (nSPS) is 11.8. The maximum Gasteiger partial charge on any atom is 0.170 e. The molecule has 0 saturated carbocycles. The van der Waals surface area contributed by atoms with Gasteiger partial charge in [0.15, 0.2) is 11.0 Å². The van der Waals surface area contributed by atoms with Crippen molar-refractivity contribution < 1.29 is 9.60 Å². The Kier molecular flexibility index (Phi) is 4.06. The molecule has 0 saturated heterocycles. The minimum atomic E-state index is -0.417. The maximum absolute atomic E-state index is 13.4. The van der Waals surface area contributed by atoms with Crippen molar-refractivity contribution in [2.24, 2.45) is 17.9 Å². The van der Waals surface area contributed by atoms with E-state index < -0.39 is 5.82 Å². The van der Waals surface area contributed by atoms with Crippen molar-refractivity contribution in [3.05, 3.63) is 47.5 Å². The lowest BCUT2D eigenvalue weighted by Gasteiger charge is -2.05. The second-order valence-electron chi connectivity index (χ2n) is 3.94. The van der Waals surface area contributed by atoms with Gasteiger partial charge in [-0.1, -0.05) is 16.9 Å². The molecule has 3 N–H and O–H groups in total. The molecule has 1 aromatic carbocycles. The van der Waals surface area contributed by atoms with Crippen molar-refractivity contribution in [3.8, 4) is 0 Å². The van der Waals surface area contributed by atoms with Crippen molar-refractivity contribution in [1.82, 2.24) is 9.55 Å². The summed E-state index contributed by atoms with van der Waals surface area (Å²) in [4.78, 5) is 4.17. The molecule has 0 bridgehead atoms. The molecule has 19 heavy (non-hydrogen) atoms. The highest BCUT2D eigenvalue weighted by Crippen LogP contribution is 2.21. The van der Waals surface area contributed by atoms with E-state index in [-0.39, 0.29) is 5.84 Å². The number of aromatic nitrogens is 2. The summed E-state index contributed by atoms with van der Waals surface area (Å²) in [6.45, 7) is 0. The van der Waals surface area contributed by atoms with Crippen LogP contribution < -0.4 is 5.73 Å². The third-order valence-electron chi connectivity index (χ3n) is 2.51. The van der Waals surface area contributed by atoms with Gasteiger partial charge in [0.25, 0.3) is 0 Å². The summed E-state index contributed by atoms with van der Waals surface area (Å²) >= 11 is 1.49. The van der Waals surface area contributed by atoms with Crippen LogP contribution in [0, 0.1) is 5.82 Å². The summed E-state index contributed by atoms with van der Waals surface area (Å²) in [5, 5.41) is 12.3. The zero-order valence-electron chi connectivity index (χ0n) is 10.2. The second-order valence-corrected chi connectivity index (χ2v) is 4.89. The highest BCUT2D eigenvalue weighted by Gasteiger charge is 2.07. The molecular weight excluding hydrogens is 267 g/mol. The molecule has 0 aliphatic heterocycles. The van der Waals surface area contributed by atoms with Crippen LogP contribution in [0.1, 0.15) is 11.1 Å². The number of rotatable bonds is 4. The van der Waals surface area contributed by atoms with Gasteiger partial charge in [-0.05, 0) is 23.8 Å². The molecule has 2 rings (SSSR count). The second kappa shape index (κ2) is 5.75. The maximum atomic E-state index is 13.4. The first kappa shape index (κ1) is 13.4. The fourth-order valence-corrected chi connectivity index (χ4v) is 2.44. The lowest BCUT2D eigenvalue weighted by atomic mass is 10.1. The van der Waals surface area contributed by atoms with E-state index >= 15 is 0 Å². The molecule has 0 atom stereocenters. The number of amidine groups is 1. The minimum Gasteiger partial charge on any atom is -0.409 e. The fourth-order valence-electron chi connectivity index (χ4n) is 1.58. The summed E-state index contributed by atoms with van der Waals surface area (Å²) in [7, 11) is 1.89. The summed E-state index contributed by atoms with van der Waals surface area (Å²) < 4.78 is 15.3. The lowest BCUT2D eigenvalue weighted by Crippen LogP contribution is -2.13. The van der Waals surface area contributed by atoms with Crippen molar-refractivity contribution >= 4 is 17.6 Å². The van der Waals surface area contributed by atoms with E-state index in [1.807, 2.05) is 17.8 Å². The number of thioether (sulfide) groups is 1. The molecule has 7 heteroatoms. The zero-order valence-corrected chi connectivity index (χ0v) is 11.1. The van der Waals surface area contributed by atoms with Crippen LogP contribution >= 0.6 is 11.8 Å². The standard InChI is InChI=1S/C12H13FN4OS/c1-17-3-2-15-12(17)19-7-8-4-9(11(14)16-18)6-10(13)5-8/h2-6,18H,7H2,1H3,(H2,14,16). The van der Waals surface area contributed by atoms with E-state index in [4.69, 9.17) is 10.9 Å². The highest BCUT2D eigenvalue weighted by molar-refractivity contribution is 7.98. The van der Waals surface area contributed by atoms with Crippen LogP contribution in [0.25, 0.3) is 0 Å². The number of hydrogen-bond acceptors (Lipinski definition) is 4. The molecule has 0 radical (unpaired) electrons. The quantitative estimate of drug-likeness (QED) is 0.295. The van der Waals surface area contributed by atoms with Crippen molar-refractivity contribution in [2.45, 2.75) is 10.9 Å². The van der Waals surface area contributed by atoms with Gasteiger partial charge < -0.3 is 15.5 Å². The number of nitrogens with zero attached hydrogens (tertiary/aromatic N) is 3. The van der Waals surface area contributed by atoms with Crippen LogP contribution in [-0.4, -0.2) is 20.6 Å². The molecule has 0 spiro atoms. The molecule has 0 aliphatic carbocycles. The van der Waals surface area contributed by atoms with E-state index in [2.05, 4.69) is 10.1 Å². The van der Waals surface area contributed by atoms with Gasteiger partial charge in [-0.2, -0.15) is 0 Å². The first-order chi connectivity index (χ1) is 9.10. The van der Waals surface area contributed by atoms with Gasteiger partial charge >= 0.3 is 0 Å². The summed E-state index contributed by atoms with van der Waals surface area (Å²) in [5.41, 5.74) is 6.56. The van der Waals surface area contributed by atoms with E-state index in [9.17, 15) is 4.39 Å². The van der Waals surface area contributed by atoms with E-state index in [0.29, 0.717) is 11.3 Å². The number of imidazole rings is 1. The number of oxime groups is 1. The predicted octanol–water partition coefficient (Wildman–Crippen LogP) is 1.95. The van der Waals surface area contributed by atoms with Gasteiger partial charge in [0.2, 0.25) is 0 Å². The van der Waals surface area contributed by atoms with Crippen molar-refractivity contribution in [2.75, 3.05) is 0 Å². The Bertz CT molecular complexity index is 612. The first-order valence-electron chi connectivity index (χ1n) is 5.47. The number of benzene rings is 1. The minimum absolute atomic E-state index is 0.109. The summed E-state index contributed by atoms with van der Waals surface area (Å²) in [6.07, 6.45) is 3.55. The van der Waals surface area contributed by atoms with Crippen LogP contribution in [0.5, 0.6) is 0 Å². The fraction of sp³-hybridized carbons (Fsp3) is 0.167. The van der Waals surface area contributed by atoms with Crippen LogP contribution in [0.15, 0.2) is 40.9 Å². The topological polar surface area (TPSA) is 76.4 Å². The smallest absolute Gasteiger partial charge is 0.170 e. The van der Waals surface area contributed by atoms with Gasteiger partial charge in [0.1, 0.15) is 5.82 Å². The van der Waals surface area contributed by atoms with Gasteiger partial charge in [-0.3, -0.25) is 0 Å². The van der Waals surface area contributed by atoms with Crippen LogP contribution in [-0.2, 0) is 12.8 Å². The third kappa shape index (κ3) is 3.25. The number of halogens is 1. The summed E-state index contributed by atoms with van der Waals surface area (Å²) in [5.74, 6) is 0.0243. The SMILES string of the molecule is Cn1ccnc1SCc1cc(F)cc(/C(N)=N/O)c1. The monoisotopic (exact) mass is 280 g/mol. The van der Waals surface area contributed by atoms with E-state index in [1.165, 1.54) is 23.9 Å². The molecule has 0 aliphatic rings. The molecule has 0 unspecified atom stereocenters. The Morgan fingerprint density at radius 1 is 1.53 bits per heavy atom. The van der Waals surface area contributed by atoms with E-state index in [1.54, 1.807) is 12.3 Å². The van der Waals surface area contributed by atoms with Gasteiger partial charge in [0.05, 0.1) is 0 Å². The lowest BCUT2D eigenvalue weighted by molar-refractivity contribution is 0.318. The molecule has 5 nitrogen and oxygen atoms in total. The van der Waals surface area contributed by atoms with Gasteiger partial charge in [-0.25, -0.2) is 9.37 Å². The number of aryl methyl sites for hydroxylation is 1. The Morgan fingerprint density at radius 3 is 2.95 bits per heavy atom. The molecule has 0 amide bonds. The number of nitrogens with two attached hydrogens (primary N) is 1. The Labute approximate surface area is 113 Å². The van der Waals surface area contributed by atoms with Gasteiger partial charge in [-0.15, -0.1) is 0 Å². The molecule has 2 aromatic rings. The van der Waals surface area contributed by atoms with Crippen LogP contribution in [0.3, 0.4) is 0 Å². The zero-order chi connectivity index (χ0) is 13.8. The summed E-state index contributed by atoms with van der Waals surface area (Å²) in [6, 6.07) is 4.34. The predicted molar refractivity (Wildman–Crippen MR) is 71.7 cm³/mol. The first-order valence-corrected chi connectivity index (χ1v) is 6.46. The molecular formula is C12H13FN4OS. The largest absolute Gasteiger partial charge is 0.409 e. The Hall–Kier alpha value is -2.02. The van der Waals surface area contributed by atoms with Crippen LogP contribution in [0.4, 0.5) is 4.39 Å². The average Bonchev–Trinajstić information content (AvgIpc) is 2.80. The average molecular weight is 280 g/mol. The van der Waals surface area contributed by atoms with Crippen molar-refractivity contribution in [3.63, 3.8) is 0 Å². The van der Waals surface area contributed by atoms with E-state index in [0.717, 1.165) is 10.7 Å². The highest BCUT2D eigenvalue weighted by atomic mass is 32.2. The Morgan fingerprint density at radius 2 is 2.32 bits per heavy atom. The number of hydrogen-bond donors (Lipinski definition) is 2.